The first kappa shape index (κ1) is 24.1. The number of nitrogen functional groups attached to an aromatic ring is 1. The van der Waals surface area contributed by atoms with Crippen LogP contribution in [0.15, 0.2) is 0 Å². The fraction of sp³-hybridized carbons (Fsp3) is 0.500. The molecule has 1 aromatic carbocycles. The molecule has 11 nitrogen and oxygen atoms in total. The lowest BCUT2D eigenvalue weighted by atomic mass is 9.51. The summed E-state index contributed by atoms with van der Waals surface area (Å²) in [4.78, 5) is 66.0. The van der Waals surface area contributed by atoms with Gasteiger partial charge in [0.25, 0.3) is 0 Å². The van der Waals surface area contributed by atoms with Gasteiger partial charge in [0.05, 0.1) is 27.9 Å². The minimum absolute atomic E-state index is 0.00495. The Bertz CT molecular complexity index is 1200. The van der Waals surface area contributed by atoms with Crippen molar-refractivity contribution in [3.8, 4) is 5.75 Å². The zero-order chi connectivity index (χ0) is 25.6. The van der Waals surface area contributed by atoms with Gasteiger partial charge in [-0.1, -0.05) is 18.5 Å². The molecule has 3 aliphatic carbocycles. The predicted molar refractivity (Wildman–Crippen MR) is 118 cm³/mol. The van der Waals surface area contributed by atoms with Crippen LogP contribution < -0.4 is 16.4 Å². The highest BCUT2D eigenvalue weighted by molar-refractivity contribution is 6.37. The number of carbonyl (C=O) groups excluding carboxylic acids is 5. The lowest BCUT2D eigenvalue weighted by Crippen LogP contribution is -2.72. The monoisotopic (exact) mass is 493 g/mol. The Morgan fingerprint density at radius 1 is 1.18 bits per heavy atom. The number of fused-ring (bicyclic) bond motifs is 3. The Morgan fingerprint density at radius 2 is 1.76 bits per heavy atom. The fourth-order valence-electron chi connectivity index (χ4n) is 5.90. The van der Waals surface area contributed by atoms with Crippen molar-refractivity contribution in [1.29, 1.82) is 0 Å². The van der Waals surface area contributed by atoms with E-state index in [1.807, 2.05) is 0 Å². The van der Waals surface area contributed by atoms with Gasteiger partial charge in [0.2, 0.25) is 5.91 Å². The van der Waals surface area contributed by atoms with Gasteiger partial charge in [0.15, 0.2) is 40.4 Å². The maximum absolute atomic E-state index is 13.6. The Labute approximate surface area is 198 Å². The maximum Gasteiger partial charge on any atom is 0.235 e. The van der Waals surface area contributed by atoms with Crippen molar-refractivity contribution in [3.05, 3.63) is 16.1 Å². The molecule has 0 bridgehead atoms. The van der Waals surface area contributed by atoms with E-state index in [-0.39, 0.29) is 22.7 Å². The van der Waals surface area contributed by atoms with Crippen molar-refractivity contribution in [2.45, 2.75) is 31.0 Å². The molecule has 1 aromatic rings. The quantitative estimate of drug-likeness (QED) is 0.196. The van der Waals surface area contributed by atoms with E-state index in [0.29, 0.717) is 11.3 Å². The molecule has 0 saturated heterocycles. The number of rotatable bonds is 2. The highest BCUT2D eigenvalue weighted by atomic mass is 35.5. The summed E-state index contributed by atoms with van der Waals surface area (Å²) in [5, 5.41) is 32.6. The first-order valence-corrected chi connectivity index (χ1v) is 10.9. The van der Waals surface area contributed by atoms with Crippen LogP contribution in [-0.2, 0) is 19.2 Å². The molecule has 7 N–H and O–H groups in total. The molecule has 1 amide bonds. The van der Waals surface area contributed by atoms with Crippen molar-refractivity contribution in [1.82, 2.24) is 0 Å². The topological polar surface area (TPSA) is 201 Å². The van der Waals surface area contributed by atoms with Crippen molar-refractivity contribution in [2.75, 3.05) is 24.7 Å². The van der Waals surface area contributed by atoms with Gasteiger partial charge in [-0.05, 0) is 23.8 Å². The van der Waals surface area contributed by atoms with E-state index >= 15 is 0 Å². The number of ketones is 4. The Hall–Kier alpha value is -3.02. The summed E-state index contributed by atoms with van der Waals surface area (Å²) >= 11 is 6.37. The van der Waals surface area contributed by atoms with Crippen LogP contribution in [0.1, 0.15) is 35.2 Å². The van der Waals surface area contributed by atoms with Gasteiger partial charge in [-0.25, -0.2) is 0 Å². The summed E-state index contributed by atoms with van der Waals surface area (Å²) in [5.74, 6) is -13.7. The zero-order valence-electron chi connectivity index (χ0n) is 18.5. The number of aliphatic hydroxyl groups is 2. The summed E-state index contributed by atoms with van der Waals surface area (Å²) in [7, 11) is 3.30. The average molecular weight is 494 g/mol. The van der Waals surface area contributed by atoms with E-state index in [9.17, 15) is 39.3 Å². The molecule has 12 heteroatoms. The van der Waals surface area contributed by atoms with Crippen LogP contribution >= 0.6 is 11.6 Å². The summed E-state index contributed by atoms with van der Waals surface area (Å²) in [6.07, 6.45) is -2.29. The SMILES string of the molecule is C[C@H]1c2c(c(O)c(N)c(Cl)c2N(C)C)C(=O)C2C(=O)[C@]3(O)C(=O)C(C(N)=O)C(=O)[C@H](O)[C@@H]3C[C@@H]21. The van der Waals surface area contributed by atoms with E-state index in [2.05, 4.69) is 0 Å². The van der Waals surface area contributed by atoms with Crippen LogP contribution in [-0.4, -0.2) is 70.2 Å². The van der Waals surface area contributed by atoms with E-state index in [1.165, 1.54) is 0 Å². The number of aliphatic hydroxyl groups excluding tert-OH is 1. The Balaban J connectivity index is 1.95. The van der Waals surface area contributed by atoms with E-state index < -0.39 is 76.1 Å². The normalized spacial score (nSPS) is 34.9. The van der Waals surface area contributed by atoms with Crippen LogP contribution in [0.4, 0.5) is 11.4 Å². The second-order valence-corrected chi connectivity index (χ2v) is 9.80. The number of carbonyl (C=O) groups is 5. The number of nitrogens with zero attached hydrogens (tertiary/aromatic N) is 1. The Kier molecular flexibility index (Phi) is 5.31. The van der Waals surface area contributed by atoms with Gasteiger partial charge in [-0.3, -0.25) is 24.0 Å². The standard InChI is InChI=1S/C22H24ClN3O8/c1-5-6-4-7-15(27)18(30)11(21(25)33)20(32)22(7,34)19(31)9(6)16(28)10-8(5)14(26(2)3)12(23)13(24)17(10)29/h5-7,9,11,15,27,29,34H,4,24H2,1-3H3,(H2,25,33)/t5-,6-,7+,9?,11?,15-,22+/m1/s1. The molecule has 3 aliphatic rings. The summed E-state index contributed by atoms with van der Waals surface area (Å²) in [6.45, 7) is 1.67. The highest BCUT2D eigenvalue weighted by Crippen LogP contribution is 2.57. The molecular formula is C22H24ClN3O8. The van der Waals surface area contributed by atoms with Crippen molar-refractivity contribution in [2.24, 2.45) is 29.4 Å². The number of hydrogen-bond acceptors (Lipinski definition) is 10. The first-order valence-electron chi connectivity index (χ1n) is 10.6. The molecule has 7 atom stereocenters. The second-order valence-electron chi connectivity index (χ2n) is 9.42. The summed E-state index contributed by atoms with van der Waals surface area (Å²) in [6, 6.07) is 0. The molecule has 0 radical (unpaired) electrons. The molecule has 2 saturated carbocycles. The van der Waals surface area contributed by atoms with Crippen molar-refractivity contribution in [3.63, 3.8) is 0 Å². The molecule has 182 valence electrons. The third kappa shape index (κ3) is 2.74. The lowest BCUT2D eigenvalue weighted by molar-refractivity contribution is -0.186. The minimum atomic E-state index is -2.97. The van der Waals surface area contributed by atoms with Crippen LogP contribution in [0.2, 0.25) is 5.02 Å². The van der Waals surface area contributed by atoms with Gasteiger partial charge in [0, 0.05) is 20.0 Å². The number of primary amides is 1. The number of benzene rings is 1. The minimum Gasteiger partial charge on any atom is -0.505 e. The van der Waals surface area contributed by atoms with Crippen LogP contribution in [0.3, 0.4) is 0 Å². The number of halogens is 1. The van der Waals surface area contributed by atoms with Gasteiger partial charge < -0.3 is 31.7 Å². The van der Waals surface area contributed by atoms with Gasteiger partial charge in [0.1, 0.15) is 6.10 Å². The Morgan fingerprint density at radius 3 is 2.29 bits per heavy atom. The molecule has 0 aromatic heterocycles. The van der Waals surface area contributed by atoms with Crippen LogP contribution in [0.5, 0.6) is 5.75 Å². The third-order valence-corrected chi connectivity index (χ3v) is 7.95. The molecule has 0 spiro atoms. The second kappa shape index (κ2) is 7.49. The average Bonchev–Trinajstić information content (AvgIpc) is 2.75. The predicted octanol–water partition coefficient (Wildman–Crippen LogP) is -0.840. The molecule has 2 unspecified atom stereocenters. The van der Waals surface area contributed by atoms with Crippen molar-refractivity contribution < 1.29 is 39.3 Å². The number of anilines is 2. The maximum atomic E-state index is 13.6. The number of phenols is 1. The van der Waals surface area contributed by atoms with Gasteiger partial charge in [-0.15, -0.1) is 0 Å². The molecule has 34 heavy (non-hydrogen) atoms. The molecule has 0 heterocycles. The molecule has 2 fully saturated rings. The smallest absolute Gasteiger partial charge is 0.235 e. The van der Waals surface area contributed by atoms with Crippen LogP contribution in [0, 0.1) is 23.7 Å². The number of phenolic OH excluding ortho intramolecular Hbond substituents is 1. The largest absolute Gasteiger partial charge is 0.505 e. The van der Waals surface area contributed by atoms with Gasteiger partial charge >= 0.3 is 0 Å². The molecule has 4 rings (SSSR count). The van der Waals surface area contributed by atoms with E-state index in [0.717, 1.165) is 0 Å². The highest BCUT2D eigenvalue weighted by Gasteiger charge is 2.69. The van der Waals surface area contributed by atoms with Crippen molar-refractivity contribution >= 4 is 52.0 Å². The van der Waals surface area contributed by atoms with Crippen LogP contribution in [0.25, 0.3) is 0 Å². The first-order chi connectivity index (χ1) is 15.7. The van der Waals surface area contributed by atoms with E-state index in [1.54, 1.807) is 25.9 Å². The number of amides is 1. The summed E-state index contributed by atoms with van der Waals surface area (Å²) < 4.78 is 0. The summed E-state index contributed by atoms with van der Waals surface area (Å²) in [5.41, 5.74) is 8.24. The number of hydrogen-bond donors (Lipinski definition) is 5. The molecular weight excluding hydrogens is 470 g/mol. The number of Topliss-reactive ketones (excluding diaryl/α,β-unsaturated/α-hetero) is 4. The number of nitrogens with two attached hydrogens (primary N) is 2. The van der Waals surface area contributed by atoms with E-state index in [4.69, 9.17) is 23.1 Å². The zero-order valence-corrected chi connectivity index (χ0v) is 19.3. The van der Waals surface area contributed by atoms with Gasteiger partial charge in [-0.2, -0.15) is 0 Å². The third-order valence-electron chi connectivity index (χ3n) is 7.56. The fourth-order valence-corrected chi connectivity index (χ4v) is 6.26. The number of aromatic hydroxyl groups is 1. The lowest BCUT2D eigenvalue weighted by Gasteiger charge is -2.52. The molecule has 0 aliphatic heterocycles.